The Morgan fingerprint density at radius 3 is 2.29 bits per heavy atom. The Bertz CT molecular complexity index is 701. The minimum atomic E-state index is 0.635. The first-order valence-electron chi connectivity index (χ1n) is 6.41. The maximum atomic E-state index is 5.95. The van der Waals surface area contributed by atoms with Gasteiger partial charge in [-0.05, 0) is 23.3 Å². The minimum Gasteiger partial charge on any atom is -0.249 e. The molecule has 0 N–H and O–H groups in total. The lowest BCUT2D eigenvalue weighted by atomic mass is 10.1. The molecule has 6 nitrogen and oxygen atoms in total. The highest BCUT2D eigenvalue weighted by Crippen LogP contribution is 2.19. The van der Waals surface area contributed by atoms with Gasteiger partial charge in [-0.15, -0.1) is 0 Å². The van der Waals surface area contributed by atoms with E-state index in [4.69, 9.17) is 11.6 Å². The van der Waals surface area contributed by atoms with Crippen molar-refractivity contribution in [1.29, 1.82) is 0 Å². The molecule has 21 heavy (non-hydrogen) atoms. The van der Waals surface area contributed by atoms with Gasteiger partial charge in [0.05, 0.1) is 13.1 Å². The molecule has 2 aromatic heterocycles. The number of aromatic nitrogens is 6. The van der Waals surface area contributed by atoms with E-state index in [2.05, 4.69) is 26.2 Å². The molecule has 0 bridgehead atoms. The Labute approximate surface area is 126 Å². The van der Waals surface area contributed by atoms with Crippen LogP contribution >= 0.6 is 11.6 Å². The molecular weight excluding hydrogens is 288 g/mol. The van der Waals surface area contributed by atoms with Crippen molar-refractivity contribution in [3.63, 3.8) is 0 Å². The summed E-state index contributed by atoms with van der Waals surface area (Å²) in [6.07, 6.45) is 8.52. The second-order valence-corrected chi connectivity index (χ2v) is 4.88. The lowest BCUT2D eigenvalue weighted by molar-refractivity contribution is 0.685. The van der Waals surface area contributed by atoms with Crippen LogP contribution < -0.4 is 0 Å². The van der Waals surface area contributed by atoms with Crippen LogP contribution in [-0.4, -0.2) is 29.5 Å². The molecule has 3 rings (SSSR count). The van der Waals surface area contributed by atoms with Gasteiger partial charge in [-0.2, -0.15) is 10.2 Å². The summed E-state index contributed by atoms with van der Waals surface area (Å²) in [5.74, 6) is 0. The summed E-state index contributed by atoms with van der Waals surface area (Å²) < 4.78 is 3.54. The first-order valence-corrected chi connectivity index (χ1v) is 6.79. The average molecular weight is 301 g/mol. The summed E-state index contributed by atoms with van der Waals surface area (Å²) >= 11 is 5.95. The number of benzene rings is 1. The van der Waals surface area contributed by atoms with E-state index in [-0.39, 0.29) is 0 Å². The van der Waals surface area contributed by atoms with Crippen LogP contribution in [0.1, 0.15) is 5.56 Å². The number of hydrogen-bond donors (Lipinski definition) is 0. The van der Waals surface area contributed by atoms with Crippen LogP contribution in [0.15, 0.2) is 55.7 Å². The molecule has 0 spiro atoms. The zero-order valence-electron chi connectivity index (χ0n) is 11.2. The number of halogens is 1. The number of hydrogen-bond acceptors (Lipinski definition) is 4. The molecule has 0 saturated carbocycles. The largest absolute Gasteiger partial charge is 0.249 e. The fourth-order valence-electron chi connectivity index (χ4n) is 1.96. The van der Waals surface area contributed by atoms with Crippen molar-refractivity contribution in [2.45, 2.75) is 13.1 Å². The van der Waals surface area contributed by atoms with Crippen LogP contribution in [0.2, 0.25) is 5.02 Å². The molecule has 3 aromatic rings. The van der Waals surface area contributed by atoms with Gasteiger partial charge in [-0.25, -0.2) is 19.3 Å². The molecule has 0 aliphatic heterocycles. The van der Waals surface area contributed by atoms with Gasteiger partial charge in [0.25, 0.3) is 0 Å². The zero-order chi connectivity index (χ0) is 14.5. The Kier molecular flexibility index (Phi) is 4.07. The maximum absolute atomic E-state index is 5.95. The number of allylic oxidation sites excluding steroid dienone is 2. The zero-order valence-corrected chi connectivity index (χ0v) is 11.9. The molecule has 0 unspecified atom stereocenters. The second-order valence-electron chi connectivity index (χ2n) is 4.45. The molecular formula is C14H13ClN6. The molecule has 0 aliphatic carbocycles. The van der Waals surface area contributed by atoms with Crippen LogP contribution in [0.5, 0.6) is 0 Å². The number of nitrogens with zero attached hydrogens (tertiary/aromatic N) is 6. The van der Waals surface area contributed by atoms with Crippen molar-refractivity contribution in [2.75, 3.05) is 0 Å². The van der Waals surface area contributed by atoms with Crippen molar-refractivity contribution >= 4 is 17.2 Å². The molecule has 0 aliphatic rings. The summed E-state index contributed by atoms with van der Waals surface area (Å²) in [7, 11) is 0. The predicted molar refractivity (Wildman–Crippen MR) is 79.5 cm³/mol. The van der Waals surface area contributed by atoms with Crippen molar-refractivity contribution in [2.24, 2.45) is 0 Å². The quantitative estimate of drug-likeness (QED) is 0.725. The van der Waals surface area contributed by atoms with Crippen molar-refractivity contribution in [3.8, 4) is 0 Å². The Morgan fingerprint density at radius 2 is 1.67 bits per heavy atom. The van der Waals surface area contributed by atoms with Gasteiger partial charge in [0, 0.05) is 5.02 Å². The van der Waals surface area contributed by atoms with Crippen molar-refractivity contribution in [3.05, 3.63) is 66.2 Å². The van der Waals surface area contributed by atoms with Crippen molar-refractivity contribution in [1.82, 2.24) is 29.5 Å². The predicted octanol–water partition coefficient (Wildman–Crippen LogP) is 2.31. The van der Waals surface area contributed by atoms with Gasteiger partial charge in [-0.3, -0.25) is 0 Å². The highest BCUT2D eigenvalue weighted by molar-refractivity contribution is 6.30. The molecule has 0 saturated heterocycles. The Balaban J connectivity index is 1.86. The van der Waals surface area contributed by atoms with E-state index in [1.165, 1.54) is 12.7 Å². The summed E-state index contributed by atoms with van der Waals surface area (Å²) in [6, 6.07) is 7.74. The van der Waals surface area contributed by atoms with Gasteiger partial charge in [0.1, 0.15) is 25.3 Å². The van der Waals surface area contributed by atoms with Crippen LogP contribution in [-0.2, 0) is 13.1 Å². The van der Waals surface area contributed by atoms with Gasteiger partial charge < -0.3 is 0 Å². The second kappa shape index (κ2) is 6.32. The Hall–Kier alpha value is -2.47. The maximum Gasteiger partial charge on any atom is 0.137 e. The lowest BCUT2D eigenvalue weighted by Crippen LogP contribution is -2.03. The molecule has 7 heteroatoms. The van der Waals surface area contributed by atoms with Crippen molar-refractivity contribution < 1.29 is 0 Å². The summed E-state index contributed by atoms with van der Waals surface area (Å²) in [4.78, 5) is 7.91. The SMILES string of the molecule is Clc1ccc(C(=CCn2cncn2)Cn2cncn2)cc1. The van der Waals surface area contributed by atoms with E-state index in [9.17, 15) is 0 Å². The molecule has 2 heterocycles. The van der Waals surface area contributed by atoms with Gasteiger partial charge in [0.2, 0.25) is 0 Å². The molecule has 0 fully saturated rings. The molecule has 106 valence electrons. The van der Waals surface area contributed by atoms with E-state index >= 15 is 0 Å². The fraction of sp³-hybridized carbons (Fsp3) is 0.143. The van der Waals surface area contributed by atoms with Crippen LogP contribution in [0.25, 0.3) is 5.57 Å². The van der Waals surface area contributed by atoms with Gasteiger partial charge in [0.15, 0.2) is 0 Å². The highest BCUT2D eigenvalue weighted by Gasteiger charge is 2.04. The topological polar surface area (TPSA) is 61.4 Å². The van der Waals surface area contributed by atoms with Crippen LogP contribution in [0, 0.1) is 0 Å². The third-order valence-corrected chi connectivity index (χ3v) is 3.26. The average Bonchev–Trinajstić information content (AvgIpc) is 3.18. The molecule has 1 aromatic carbocycles. The van der Waals surface area contributed by atoms with E-state index in [0.29, 0.717) is 13.1 Å². The Morgan fingerprint density at radius 1 is 1.00 bits per heavy atom. The van der Waals surface area contributed by atoms with Crippen LogP contribution in [0.4, 0.5) is 0 Å². The molecule has 0 atom stereocenters. The molecule has 0 radical (unpaired) electrons. The standard InChI is InChI=1S/C14H13ClN6/c15-14-3-1-12(2-4-14)13(7-21-11-17-9-19-21)5-6-20-10-16-8-18-20/h1-5,8-11H,6-7H2. The van der Waals surface area contributed by atoms with Gasteiger partial charge >= 0.3 is 0 Å². The van der Waals surface area contributed by atoms with Crippen LogP contribution in [0.3, 0.4) is 0 Å². The summed E-state index contributed by atoms with van der Waals surface area (Å²) in [5, 5.41) is 8.96. The third kappa shape index (κ3) is 3.55. The summed E-state index contributed by atoms with van der Waals surface area (Å²) in [6.45, 7) is 1.28. The van der Waals surface area contributed by atoms with E-state index in [1.54, 1.807) is 22.0 Å². The third-order valence-electron chi connectivity index (χ3n) is 3.01. The first kappa shape index (κ1) is 13.5. The normalized spacial score (nSPS) is 11.8. The number of rotatable bonds is 5. The smallest absolute Gasteiger partial charge is 0.137 e. The molecule has 0 amide bonds. The minimum absolute atomic E-state index is 0.635. The lowest BCUT2D eigenvalue weighted by Gasteiger charge is -2.08. The van der Waals surface area contributed by atoms with E-state index < -0.39 is 0 Å². The summed E-state index contributed by atoms with van der Waals surface area (Å²) in [5.41, 5.74) is 2.21. The monoisotopic (exact) mass is 300 g/mol. The van der Waals surface area contributed by atoms with E-state index in [1.807, 2.05) is 24.3 Å². The fourth-order valence-corrected chi connectivity index (χ4v) is 2.08. The van der Waals surface area contributed by atoms with Gasteiger partial charge in [-0.1, -0.05) is 29.8 Å². The highest BCUT2D eigenvalue weighted by atomic mass is 35.5. The first-order chi connectivity index (χ1) is 10.3. The van der Waals surface area contributed by atoms with E-state index in [0.717, 1.165) is 16.2 Å².